The number of carbonyl (C=O) groups excluding carboxylic acids is 1. The molecule has 0 aliphatic carbocycles. The summed E-state index contributed by atoms with van der Waals surface area (Å²) in [5.74, 6) is -0.121. The number of amides is 1. The van der Waals surface area contributed by atoms with Crippen LogP contribution in [0.3, 0.4) is 0 Å². The molecule has 23 heavy (non-hydrogen) atoms. The van der Waals surface area contributed by atoms with Crippen LogP contribution in [-0.4, -0.2) is 17.1 Å². The summed E-state index contributed by atoms with van der Waals surface area (Å²) < 4.78 is 2.50. The minimum Gasteiger partial charge on any atom is -0.361 e. The van der Waals surface area contributed by atoms with Gasteiger partial charge in [-0.05, 0) is 29.1 Å². The Bertz CT molecular complexity index is 981. The zero-order valence-corrected chi connectivity index (χ0v) is 13.7. The summed E-state index contributed by atoms with van der Waals surface area (Å²) in [6.45, 7) is 0. The Balaban J connectivity index is 1.41. The van der Waals surface area contributed by atoms with E-state index < -0.39 is 0 Å². The minimum atomic E-state index is -0.121. The molecule has 0 bridgehead atoms. The van der Waals surface area contributed by atoms with Crippen molar-refractivity contribution in [3.63, 3.8) is 0 Å². The molecule has 6 heteroatoms. The number of rotatable bonds is 4. The first kappa shape index (κ1) is 14.2. The van der Waals surface area contributed by atoms with E-state index in [1.54, 1.807) is 28.9 Å². The van der Waals surface area contributed by atoms with Crippen molar-refractivity contribution in [3.8, 4) is 0 Å². The summed E-state index contributed by atoms with van der Waals surface area (Å²) in [6, 6.07) is 12.1. The predicted octanol–water partition coefficient (Wildman–Crippen LogP) is 4.14. The highest BCUT2D eigenvalue weighted by Gasteiger charge is 2.07. The lowest BCUT2D eigenvalue weighted by molar-refractivity contribution is -0.120. The molecule has 0 unspecified atom stereocenters. The topological polar surface area (TPSA) is 57.2 Å². The summed E-state index contributed by atoms with van der Waals surface area (Å²) in [5.41, 5.74) is 4.61. The van der Waals surface area contributed by atoms with Gasteiger partial charge in [0.2, 0.25) is 5.91 Å². The number of H-pyrrole nitrogens is 1. The number of para-hydroxylation sites is 1. The van der Waals surface area contributed by atoms with Gasteiger partial charge in [-0.2, -0.15) is 5.10 Å². The Kier molecular flexibility index (Phi) is 3.69. The Morgan fingerprint density at radius 2 is 2.17 bits per heavy atom. The SMILES string of the molecule is O=C(Cc1c[nH]c2ccccc12)NN=Cc1cc2sccc2s1. The van der Waals surface area contributed by atoms with Crippen LogP contribution < -0.4 is 5.43 Å². The third kappa shape index (κ3) is 2.91. The molecule has 0 radical (unpaired) electrons. The van der Waals surface area contributed by atoms with Crippen LogP contribution >= 0.6 is 22.7 Å². The number of aromatic amines is 1. The molecule has 3 aromatic heterocycles. The molecule has 4 rings (SSSR count). The third-order valence-electron chi connectivity index (χ3n) is 3.57. The molecule has 3 heterocycles. The smallest absolute Gasteiger partial charge is 0.244 e. The molecule has 2 N–H and O–H groups in total. The van der Waals surface area contributed by atoms with E-state index in [0.717, 1.165) is 21.3 Å². The summed E-state index contributed by atoms with van der Waals surface area (Å²) in [6.07, 6.45) is 3.88. The number of nitrogens with zero attached hydrogens (tertiary/aromatic N) is 1. The van der Waals surface area contributed by atoms with Crippen molar-refractivity contribution in [1.29, 1.82) is 0 Å². The lowest BCUT2D eigenvalue weighted by atomic mass is 10.1. The van der Waals surface area contributed by atoms with Crippen molar-refractivity contribution >= 4 is 55.1 Å². The quantitative estimate of drug-likeness (QED) is 0.426. The van der Waals surface area contributed by atoms with Crippen molar-refractivity contribution in [1.82, 2.24) is 10.4 Å². The number of fused-ring (bicyclic) bond motifs is 2. The fourth-order valence-corrected chi connectivity index (χ4v) is 4.50. The van der Waals surface area contributed by atoms with E-state index in [1.165, 1.54) is 9.40 Å². The maximum Gasteiger partial charge on any atom is 0.244 e. The number of hydrazone groups is 1. The molecule has 0 aliphatic heterocycles. The van der Waals surface area contributed by atoms with Gasteiger partial charge < -0.3 is 4.98 Å². The molecule has 4 nitrogen and oxygen atoms in total. The molecule has 0 saturated carbocycles. The first-order valence-corrected chi connectivity index (χ1v) is 8.83. The molecular formula is C17H13N3OS2. The highest BCUT2D eigenvalue weighted by molar-refractivity contribution is 7.27. The van der Waals surface area contributed by atoms with E-state index >= 15 is 0 Å². The van der Waals surface area contributed by atoms with E-state index in [9.17, 15) is 4.79 Å². The molecule has 1 aromatic carbocycles. The first-order chi connectivity index (χ1) is 11.3. The first-order valence-electron chi connectivity index (χ1n) is 7.13. The highest BCUT2D eigenvalue weighted by Crippen LogP contribution is 2.28. The van der Waals surface area contributed by atoms with Gasteiger partial charge in [0.15, 0.2) is 0 Å². The lowest BCUT2D eigenvalue weighted by Gasteiger charge is -1.98. The van der Waals surface area contributed by atoms with E-state index in [0.29, 0.717) is 6.42 Å². The number of benzene rings is 1. The second-order valence-corrected chi connectivity index (χ2v) is 7.19. The second-order valence-electron chi connectivity index (χ2n) is 5.13. The Morgan fingerprint density at radius 3 is 3.09 bits per heavy atom. The van der Waals surface area contributed by atoms with Gasteiger partial charge in [-0.25, -0.2) is 5.43 Å². The molecule has 1 amide bonds. The van der Waals surface area contributed by atoms with Crippen LogP contribution in [0.1, 0.15) is 10.4 Å². The number of thiophene rings is 2. The van der Waals surface area contributed by atoms with Crippen molar-refractivity contribution < 1.29 is 4.79 Å². The van der Waals surface area contributed by atoms with Crippen LogP contribution in [0.4, 0.5) is 0 Å². The zero-order chi connectivity index (χ0) is 15.6. The van der Waals surface area contributed by atoms with Crippen LogP contribution in [0.15, 0.2) is 53.1 Å². The number of carbonyl (C=O) groups is 1. The molecule has 0 aliphatic rings. The van der Waals surface area contributed by atoms with Crippen LogP contribution in [0.25, 0.3) is 20.3 Å². The Labute approximate surface area is 140 Å². The Hall–Kier alpha value is -2.44. The minimum absolute atomic E-state index is 0.121. The maximum absolute atomic E-state index is 12.0. The molecule has 0 fully saturated rings. The molecule has 114 valence electrons. The number of hydrogen-bond donors (Lipinski definition) is 2. The van der Waals surface area contributed by atoms with Crippen molar-refractivity contribution in [2.24, 2.45) is 5.10 Å². The van der Waals surface area contributed by atoms with E-state index in [2.05, 4.69) is 33.0 Å². The lowest BCUT2D eigenvalue weighted by Crippen LogP contribution is -2.19. The van der Waals surface area contributed by atoms with Gasteiger partial charge in [-0.1, -0.05) is 18.2 Å². The number of aromatic nitrogens is 1. The van der Waals surface area contributed by atoms with E-state index in [1.807, 2.05) is 30.5 Å². The van der Waals surface area contributed by atoms with Gasteiger partial charge in [-0.3, -0.25) is 4.79 Å². The number of hydrogen-bond acceptors (Lipinski definition) is 4. The highest BCUT2D eigenvalue weighted by atomic mass is 32.1. The van der Waals surface area contributed by atoms with Gasteiger partial charge in [-0.15, -0.1) is 22.7 Å². The Morgan fingerprint density at radius 1 is 1.26 bits per heavy atom. The monoisotopic (exact) mass is 339 g/mol. The molecule has 0 atom stereocenters. The molecule has 0 spiro atoms. The standard InChI is InChI=1S/C17H13N3OS2/c21-17(7-11-9-18-14-4-2-1-3-13(11)14)20-19-10-12-8-16-15(23-12)5-6-22-16/h1-6,8-10,18H,7H2,(H,20,21). The number of nitrogens with one attached hydrogen (secondary N) is 2. The van der Waals surface area contributed by atoms with Gasteiger partial charge in [0, 0.05) is 31.4 Å². The second kappa shape index (κ2) is 5.98. The van der Waals surface area contributed by atoms with Crippen molar-refractivity contribution in [2.45, 2.75) is 6.42 Å². The average molecular weight is 339 g/mol. The summed E-state index contributed by atoms with van der Waals surface area (Å²) in [5, 5.41) is 7.21. The fraction of sp³-hybridized carbons (Fsp3) is 0.0588. The fourth-order valence-electron chi connectivity index (χ4n) is 2.51. The molecule has 0 saturated heterocycles. The van der Waals surface area contributed by atoms with Crippen molar-refractivity contribution in [2.75, 3.05) is 0 Å². The predicted molar refractivity (Wildman–Crippen MR) is 97.4 cm³/mol. The largest absolute Gasteiger partial charge is 0.361 e. The van der Waals surface area contributed by atoms with Gasteiger partial charge >= 0.3 is 0 Å². The average Bonchev–Trinajstić information content (AvgIpc) is 3.22. The van der Waals surface area contributed by atoms with Crippen LogP contribution in [0, 0.1) is 0 Å². The molecule has 4 aromatic rings. The van der Waals surface area contributed by atoms with Gasteiger partial charge in [0.1, 0.15) is 0 Å². The zero-order valence-electron chi connectivity index (χ0n) is 12.1. The van der Waals surface area contributed by atoms with Crippen LogP contribution in [-0.2, 0) is 11.2 Å². The van der Waals surface area contributed by atoms with Gasteiger partial charge in [0.05, 0.1) is 12.6 Å². The summed E-state index contributed by atoms with van der Waals surface area (Å²) in [7, 11) is 0. The van der Waals surface area contributed by atoms with Crippen LogP contribution in [0.5, 0.6) is 0 Å². The van der Waals surface area contributed by atoms with Gasteiger partial charge in [0.25, 0.3) is 0 Å². The normalized spacial score (nSPS) is 11.7. The van der Waals surface area contributed by atoms with E-state index in [-0.39, 0.29) is 5.91 Å². The van der Waals surface area contributed by atoms with Crippen LogP contribution in [0.2, 0.25) is 0 Å². The van der Waals surface area contributed by atoms with Crippen molar-refractivity contribution in [3.05, 3.63) is 58.4 Å². The summed E-state index contributed by atoms with van der Waals surface area (Å²) in [4.78, 5) is 16.2. The van der Waals surface area contributed by atoms with E-state index in [4.69, 9.17) is 0 Å². The molecular weight excluding hydrogens is 326 g/mol. The third-order valence-corrected chi connectivity index (χ3v) is 5.59. The maximum atomic E-state index is 12.0. The summed E-state index contributed by atoms with van der Waals surface area (Å²) >= 11 is 3.38.